The Morgan fingerprint density at radius 2 is 1.93 bits per heavy atom. The Bertz CT molecular complexity index is 325. The molecular weight excluding hydrogens is 215 g/mol. The third-order valence-electron chi connectivity index (χ3n) is 2.76. The predicted molar refractivity (Wildman–Crippen MR) is 60.0 cm³/mol. The van der Waals surface area contributed by atoms with Gasteiger partial charge in [-0.15, -0.1) is 0 Å². The second-order valence-corrected chi connectivity index (χ2v) is 4.62. The van der Waals surface area contributed by atoms with Crippen molar-refractivity contribution in [3.05, 3.63) is 35.4 Å². The molecule has 0 aliphatic carbocycles. The highest BCUT2D eigenvalue weighted by atomic mass is 31.0. The van der Waals surface area contributed by atoms with Crippen LogP contribution in [0.1, 0.15) is 30.0 Å². The standard InChI is InChI=1S/C11H14F2NP/c12-11(13,15)9-5-3-8(4-6-9)10-2-1-7-14-10/h3-6,10,14H,1-2,7,15H2. The number of alkyl halides is 2. The zero-order valence-corrected chi connectivity index (χ0v) is 9.50. The van der Waals surface area contributed by atoms with E-state index >= 15 is 0 Å². The third kappa shape index (κ3) is 2.53. The lowest BCUT2D eigenvalue weighted by atomic mass is 10.0. The fraction of sp³-hybridized carbons (Fsp3) is 0.455. The van der Waals surface area contributed by atoms with Crippen LogP contribution in [0.15, 0.2) is 24.3 Å². The minimum Gasteiger partial charge on any atom is -0.310 e. The van der Waals surface area contributed by atoms with Crippen molar-refractivity contribution in [3.8, 4) is 0 Å². The van der Waals surface area contributed by atoms with E-state index in [2.05, 4.69) is 5.32 Å². The molecule has 0 spiro atoms. The van der Waals surface area contributed by atoms with E-state index in [-0.39, 0.29) is 5.56 Å². The molecule has 1 saturated heterocycles. The lowest BCUT2D eigenvalue weighted by Crippen LogP contribution is -2.13. The van der Waals surface area contributed by atoms with Crippen LogP contribution in [0.4, 0.5) is 8.78 Å². The summed E-state index contributed by atoms with van der Waals surface area (Å²) in [6.45, 7) is 1.02. The van der Waals surface area contributed by atoms with Gasteiger partial charge in [0.2, 0.25) is 0 Å². The smallest absolute Gasteiger partial charge is 0.283 e. The molecular formula is C11H14F2NP. The number of halogens is 2. The number of rotatable bonds is 2. The molecule has 15 heavy (non-hydrogen) atoms. The van der Waals surface area contributed by atoms with Crippen molar-refractivity contribution >= 4 is 9.24 Å². The summed E-state index contributed by atoms with van der Waals surface area (Å²) in [6, 6.07) is 6.93. The van der Waals surface area contributed by atoms with Crippen molar-refractivity contribution in [2.75, 3.05) is 6.54 Å². The SMILES string of the molecule is FC(F)(P)c1ccc(C2CCCN2)cc1. The first-order chi connectivity index (χ1) is 7.07. The molecule has 1 aliphatic rings. The monoisotopic (exact) mass is 229 g/mol. The van der Waals surface area contributed by atoms with Gasteiger partial charge in [0, 0.05) is 11.6 Å². The van der Waals surface area contributed by atoms with Crippen LogP contribution < -0.4 is 5.32 Å². The zero-order chi connectivity index (χ0) is 10.9. The quantitative estimate of drug-likeness (QED) is 0.768. The molecule has 0 bridgehead atoms. The van der Waals surface area contributed by atoms with E-state index in [1.165, 1.54) is 12.1 Å². The number of benzene rings is 1. The maximum atomic E-state index is 12.9. The van der Waals surface area contributed by atoms with Crippen LogP contribution in [-0.2, 0) is 5.66 Å². The van der Waals surface area contributed by atoms with Crippen molar-refractivity contribution in [1.29, 1.82) is 0 Å². The Morgan fingerprint density at radius 3 is 2.40 bits per heavy atom. The highest BCUT2D eigenvalue weighted by Crippen LogP contribution is 2.35. The van der Waals surface area contributed by atoms with Crippen molar-refractivity contribution in [2.24, 2.45) is 0 Å². The molecule has 0 aromatic heterocycles. The lowest BCUT2D eigenvalue weighted by molar-refractivity contribution is 0.104. The molecule has 1 fully saturated rings. The number of hydrogen-bond acceptors (Lipinski definition) is 1. The summed E-state index contributed by atoms with van der Waals surface area (Å²) in [6.07, 6.45) is 2.25. The average molecular weight is 229 g/mol. The van der Waals surface area contributed by atoms with Crippen LogP contribution in [-0.4, -0.2) is 6.54 Å². The largest absolute Gasteiger partial charge is 0.310 e. The summed E-state index contributed by atoms with van der Waals surface area (Å²) in [5.41, 5.74) is -1.67. The van der Waals surface area contributed by atoms with Gasteiger partial charge in [0.05, 0.1) is 0 Å². The number of nitrogens with one attached hydrogen (secondary N) is 1. The van der Waals surface area contributed by atoms with Crippen molar-refractivity contribution in [1.82, 2.24) is 5.32 Å². The van der Waals surface area contributed by atoms with Crippen molar-refractivity contribution < 1.29 is 8.78 Å². The van der Waals surface area contributed by atoms with Gasteiger partial charge in [0.25, 0.3) is 5.66 Å². The summed E-state index contributed by atoms with van der Waals surface area (Å²) in [5, 5.41) is 3.34. The van der Waals surface area contributed by atoms with Gasteiger partial charge in [-0.05, 0) is 24.9 Å². The van der Waals surface area contributed by atoms with E-state index in [1.54, 1.807) is 21.4 Å². The molecule has 1 aromatic rings. The van der Waals surface area contributed by atoms with E-state index in [9.17, 15) is 8.78 Å². The van der Waals surface area contributed by atoms with Gasteiger partial charge in [-0.2, -0.15) is 8.78 Å². The van der Waals surface area contributed by atoms with Crippen LogP contribution in [0.25, 0.3) is 0 Å². The van der Waals surface area contributed by atoms with Crippen molar-refractivity contribution in [2.45, 2.75) is 24.5 Å². The topological polar surface area (TPSA) is 12.0 Å². The number of hydrogen-bond donors (Lipinski definition) is 1. The van der Waals surface area contributed by atoms with E-state index < -0.39 is 5.66 Å². The minimum atomic E-state index is -2.82. The molecule has 1 heterocycles. The first-order valence-electron chi connectivity index (χ1n) is 5.08. The van der Waals surface area contributed by atoms with E-state index in [0.717, 1.165) is 24.9 Å². The Labute approximate surface area is 90.5 Å². The second-order valence-electron chi connectivity index (χ2n) is 3.89. The Balaban J connectivity index is 2.16. The average Bonchev–Trinajstić information content (AvgIpc) is 2.69. The summed E-state index contributed by atoms with van der Waals surface area (Å²) in [7, 11) is 1.56. The highest BCUT2D eigenvalue weighted by Gasteiger charge is 2.24. The Morgan fingerprint density at radius 1 is 1.27 bits per heavy atom. The third-order valence-corrected chi connectivity index (χ3v) is 3.09. The normalized spacial score (nSPS) is 21.9. The summed E-state index contributed by atoms with van der Waals surface area (Å²) in [5.74, 6) is 0. The van der Waals surface area contributed by atoms with Crippen LogP contribution >= 0.6 is 9.24 Å². The van der Waals surface area contributed by atoms with Crippen molar-refractivity contribution in [3.63, 3.8) is 0 Å². The molecule has 0 radical (unpaired) electrons. The molecule has 2 rings (SSSR count). The Hall–Kier alpha value is -0.530. The second kappa shape index (κ2) is 4.15. The van der Waals surface area contributed by atoms with Gasteiger partial charge < -0.3 is 5.32 Å². The molecule has 1 nitrogen and oxygen atoms in total. The fourth-order valence-corrected chi connectivity index (χ4v) is 2.10. The molecule has 2 atom stereocenters. The maximum Gasteiger partial charge on any atom is 0.283 e. The van der Waals surface area contributed by atoms with Gasteiger partial charge in [0.15, 0.2) is 0 Å². The predicted octanol–water partition coefficient (Wildman–Crippen LogP) is 3.04. The van der Waals surface area contributed by atoms with Gasteiger partial charge in [-0.1, -0.05) is 33.5 Å². The molecule has 82 valence electrons. The van der Waals surface area contributed by atoms with E-state index in [1.807, 2.05) is 0 Å². The molecule has 1 aromatic carbocycles. The first kappa shape index (κ1) is 11.0. The summed E-state index contributed by atoms with van der Waals surface area (Å²) >= 11 is 0. The molecule has 0 saturated carbocycles. The molecule has 1 N–H and O–H groups in total. The lowest BCUT2D eigenvalue weighted by Gasteiger charge is -2.14. The molecule has 2 unspecified atom stereocenters. The zero-order valence-electron chi connectivity index (χ0n) is 8.34. The van der Waals surface area contributed by atoms with Crippen LogP contribution in [0, 0.1) is 0 Å². The van der Waals surface area contributed by atoms with Gasteiger partial charge in [0.1, 0.15) is 0 Å². The molecule has 4 heteroatoms. The highest BCUT2D eigenvalue weighted by molar-refractivity contribution is 7.17. The van der Waals surface area contributed by atoms with Gasteiger partial charge in [-0.3, -0.25) is 0 Å². The van der Waals surface area contributed by atoms with E-state index in [0.29, 0.717) is 6.04 Å². The van der Waals surface area contributed by atoms with Crippen LogP contribution in [0.5, 0.6) is 0 Å². The Kier molecular flexibility index (Phi) is 3.03. The van der Waals surface area contributed by atoms with Gasteiger partial charge in [-0.25, -0.2) is 0 Å². The summed E-state index contributed by atoms with van der Waals surface area (Å²) in [4.78, 5) is 0. The summed E-state index contributed by atoms with van der Waals surface area (Å²) < 4.78 is 25.8. The van der Waals surface area contributed by atoms with Crippen LogP contribution in [0.3, 0.4) is 0 Å². The van der Waals surface area contributed by atoms with Gasteiger partial charge >= 0.3 is 0 Å². The maximum absolute atomic E-state index is 12.9. The first-order valence-corrected chi connectivity index (χ1v) is 5.65. The minimum absolute atomic E-state index is 0.0502. The molecule has 1 aliphatic heterocycles. The molecule has 0 amide bonds. The fourth-order valence-electron chi connectivity index (χ4n) is 1.91. The van der Waals surface area contributed by atoms with Crippen LogP contribution in [0.2, 0.25) is 0 Å². The van der Waals surface area contributed by atoms with E-state index in [4.69, 9.17) is 0 Å².